The largest absolute Gasteiger partial charge is 0.504 e. The zero-order valence-corrected chi connectivity index (χ0v) is 14.1. The minimum Gasteiger partial charge on any atom is -0.504 e. The van der Waals surface area contributed by atoms with Crippen LogP contribution < -0.4 is 16.0 Å². The highest BCUT2D eigenvalue weighted by molar-refractivity contribution is 5.83. The van der Waals surface area contributed by atoms with Crippen LogP contribution in [-0.2, 0) is 20.7 Å². The Labute approximate surface area is 150 Å². The van der Waals surface area contributed by atoms with Gasteiger partial charge in [-0.05, 0) is 36.8 Å². The summed E-state index contributed by atoms with van der Waals surface area (Å²) in [7, 11) is 0. The summed E-state index contributed by atoms with van der Waals surface area (Å²) in [4.78, 5) is 24.1. The number of hydrazine groups is 1. The Bertz CT molecular complexity index is 781. The van der Waals surface area contributed by atoms with E-state index in [0.717, 1.165) is 0 Å². The molecule has 8 nitrogen and oxygen atoms in total. The highest BCUT2D eigenvalue weighted by Gasteiger charge is 2.34. The Kier molecular flexibility index (Phi) is 6.16. The molecule has 0 fully saturated rings. The van der Waals surface area contributed by atoms with E-state index in [9.17, 15) is 19.8 Å². The van der Waals surface area contributed by atoms with Crippen molar-refractivity contribution in [2.75, 3.05) is 6.61 Å². The molecule has 138 valence electrons. The van der Waals surface area contributed by atoms with Crippen molar-refractivity contribution in [1.82, 2.24) is 5.43 Å². The molecule has 2 aromatic rings. The van der Waals surface area contributed by atoms with E-state index >= 15 is 0 Å². The molecular formula is C18H20N2O6. The Hall–Kier alpha value is -3.10. The molecule has 5 N–H and O–H groups in total. The third-order valence-corrected chi connectivity index (χ3v) is 3.66. The SMILES string of the molecule is CC(Cc1ccc(O)c(O)c1)(NN)C(=O)OCC(=O)Oc1ccccc1. The number of para-hydroxylation sites is 1. The smallest absolute Gasteiger partial charge is 0.349 e. The van der Waals surface area contributed by atoms with Crippen LogP contribution in [0.3, 0.4) is 0 Å². The van der Waals surface area contributed by atoms with Gasteiger partial charge in [0, 0.05) is 6.42 Å². The molecule has 0 aliphatic carbocycles. The van der Waals surface area contributed by atoms with E-state index in [1.807, 2.05) is 0 Å². The van der Waals surface area contributed by atoms with Crippen molar-refractivity contribution in [1.29, 1.82) is 0 Å². The lowest BCUT2D eigenvalue weighted by Crippen LogP contribution is -2.55. The summed E-state index contributed by atoms with van der Waals surface area (Å²) in [5, 5.41) is 18.9. The van der Waals surface area contributed by atoms with Crippen LogP contribution in [0, 0.1) is 0 Å². The second-order valence-electron chi connectivity index (χ2n) is 5.84. The van der Waals surface area contributed by atoms with Gasteiger partial charge >= 0.3 is 11.9 Å². The van der Waals surface area contributed by atoms with E-state index in [2.05, 4.69) is 5.43 Å². The number of carbonyl (C=O) groups is 2. The van der Waals surface area contributed by atoms with Crippen molar-refractivity contribution in [3.05, 3.63) is 54.1 Å². The van der Waals surface area contributed by atoms with Gasteiger partial charge in [0.2, 0.25) is 0 Å². The molecule has 0 radical (unpaired) electrons. The molecule has 0 saturated carbocycles. The lowest BCUT2D eigenvalue weighted by molar-refractivity contribution is -0.158. The molecule has 8 heteroatoms. The van der Waals surface area contributed by atoms with Crippen molar-refractivity contribution in [3.63, 3.8) is 0 Å². The second kappa shape index (κ2) is 8.32. The molecule has 0 heterocycles. The molecule has 0 aliphatic rings. The molecule has 0 aromatic heterocycles. The van der Waals surface area contributed by atoms with Gasteiger partial charge in [0.25, 0.3) is 0 Å². The Morgan fingerprint density at radius 1 is 1.12 bits per heavy atom. The molecule has 26 heavy (non-hydrogen) atoms. The Morgan fingerprint density at radius 2 is 1.81 bits per heavy atom. The number of phenolic OH excluding ortho intramolecular Hbond substituents is 2. The topological polar surface area (TPSA) is 131 Å². The number of nitrogens with one attached hydrogen (secondary N) is 1. The average molecular weight is 360 g/mol. The maximum atomic E-state index is 12.3. The summed E-state index contributed by atoms with van der Waals surface area (Å²) in [6, 6.07) is 12.5. The van der Waals surface area contributed by atoms with Crippen LogP contribution in [0.2, 0.25) is 0 Å². The van der Waals surface area contributed by atoms with Crippen molar-refractivity contribution < 1.29 is 29.3 Å². The van der Waals surface area contributed by atoms with Crippen LogP contribution in [-0.4, -0.2) is 34.3 Å². The van der Waals surface area contributed by atoms with Gasteiger partial charge in [-0.25, -0.2) is 15.0 Å². The van der Waals surface area contributed by atoms with Gasteiger partial charge < -0.3 is 19.7 Å². The average Bonchev–Trinajstić information content (AvgIpc) is 2.63. The number of ether oxygens (including phenoxy) is 2. The number of nitrogens with two attached hydrogens (primary N) is 1. The number of hydrogen-bond donors (Lipinski definition) is 4. The fourth-order valence-electron chi connectivity index (χ4n) is 2.20. The first-order valence-corrected chi connectivity index (χ1v) is 7.75. The quantitative estimate of drug-likeness (QED) is 0.189. The third-order valence-electron chi connectivity index (χ3n) is 3.66. The fraction of sp³-hybridized carbons (Fsp3) is 0.222. The minimum absolute atomic E-state index is 0.0594. The zero-order valence-electron chi connectivity index (χ0n) is 14.1. The molecule has 1 atom stereocenters. The van der Waals surface area contributed by atoms with Crippen LogP contribution in [0.5, 0.6) is 17.2 Å². The van der Waals surface area contributed by atoms with Gasteiger partial charge in [-0.15, -0.1) is 0 Å². The number of aromatic hydroxyl groups is 2. The maximum absolute atomic E-state index is 12.3. The first-order valence-electron chi connectivity index (χ1n) is 7.75. The van der Waals surface area contributed by atoms with Gasteiger partial charge in [0.05, 0.1) is 0 Å². The van der Waals surface area contributed by atoms with Crippen LogP contribution in [0.25, 0.3) is 0 Å². The summed E-state index contributed by atoms with van der Waals surface area (Å²) in [6.07, 6.45) is 0.0594. The molecule has 0 aliphatic heterocycles. The van der Waals surface area contributed by atoms with E-state index in [1.54, 1.807) is 30.3 Å². The fourth-order valence-corrected chi connectivity index (χ4v) is 2.20. The van der Waals surface area contributed by atoms with E-state index in [1.165, 1.54) is 25.1 Å². The van der Waals surface area contributed by atoms with Gasteiger partial charge in [-0.3, -0.25) is 5.84 Å². The van der Waals surface area contributed by atoms with Crippen LogP contribution >= 0.6 is 0 Å². The lowest BCUT2D eigenvalue weighted by Gasteiger charge is -2.26. The monoisotopic (exact) mass is 360 g/mol. The molecule has 2 rings (SSSR count). The van der Waals surface area contributed by atoms with E-state index in [4.69, 9.17) is 15.3 Å². The van der Waals surface area contributed by atoms with Gasteiger partial charge in [-0.1, -0.05) is 24.3 Å². The number of carbonyl (C=O) groups excluding carboxylic acids is 2. The van der Waals surface area contributed by atoms with Crippen LogP contribution in [0.4, 0.5) is 0 Å². The molecular weight excluding hydrogens is 340 g/mol. The van der Waals surface area contributed by atoms with E-state index < -0.39 is 24.1 Å². The van der Waals surface area contributed by atoms with Gasteiger partial charge in [-0.2, -0.15) is 0 Å². The third kappa shape index (κ3) is 4.95. The minimum atomic E-state index is -1.35. The van der Waals surface area contributed by atoms with Crippen molar-refractivity contribution in [2.45, 2.75) is 18.9 Å². The van der Waals surface area contributed by atoms with Gasteiger partial charge in [0.15, 0.2) is 18.1 Å². The van der Waals surface area contributed by atoms with Crippen molar-refractivity contribution in [2.24, 2.45) is 5.84 Å². The molecule has 0 spiro atoms. The molecule has 0 amide bonds. The van der Waals surface area contributed by atoms with Crippen LogP contribution in [0.15, 0.2) is 48.5 Å². The number of phenols is 2. The first kappa shape index (κ1) is 19.2. The number of hydrogen-bond acceptors (Lipinski definition) is 8. The molecule has 2 aromatic carbocycles. The first-order chi connectivity index (χ1) is 12.3. The highest BCUT2D eigenvalue weighted by atomic mass is 16.6. The predicted molar refractivity (Wildman–Crippen MR) is 92.2 cm³/mol. The summed E-state index contributed by atoms with van der Waals surface area (Å²) >= 11 is 0. The standard InChI is InChI=1S/C18H20N2O6/c1-18(20-19,10-12-7-8-14(21)15(22)9-12)17(24)25-11-16(23)26-13-5-3-2-4-6-13/h2-9,20-22H,10-11,19H2,1H3. The highest BCUT2D eigenvalue weighted by Crippen LogP contribution is 2.27. The Balaban J connectivity index is 1.96. The molecule has 0 bridgehead atoms. The van der Waals surface area contributed by atoms with E-state index in [-0.39, 0.29) is 17.9 Å². The molecule has 1 unspecified atom stereocenters. The normalized spacial score (nSPS) is 12.8. The van der Waals surface area contributed by atoms with Crippen molar-refractivity contribution >= 4 is 11.9 Å². The summed E-state index contributed by atoms with van der Waals surface area (Å²) in [5.74, 6) is 3.73. The number of rotatable bonds is 7. The van der Waals surface area contributed by atoms with Gasteiger partial charge in [0.1, 0.15) is 11.3 Å². The summed E-state index contributed by atoms with van der Waals surface area (Å²) in [6.45, 7) is 0.910. The van der Waals surface area contributed by atoms with Crippen LogP contribution in [0.1, 0.15) is 12.5 Å². The van der Waals surface area contributed by atoms with Crippen molar-refractivity contribution in [3.8, 4) is 17.2 Å². The summed E-state index contributed by atoms with van der Waals surface area (Å²) in [5.41, 5.74) is 1.54. The lowest BCUT2D eigenvalue weighted by atomic mass is 9.93. The second-order valence-corrected chi connectivity index (χ2v) is 5.84. The Morgan fingerprint density at radius 3 is 2.42 bits per heavy atom. The maximum Gasteiger partial charge on any atom is 0.349 e. The molecule has 0 saturated heterocycles. The number of esters is 2. The zero-order chi connectivity index (χ0) is 19.2. The number of benzene rings is 2. The van der Waals surface area contributed by atoms with E-state index in [0.29, 0.717) is 11.3 Å². The summed E-state index contributed by atoms with van der Waals surface area (Å²) < 4.78 is 10.0. The predicted octanol–water partition coefficient (Wildman–Crippen LogP) is 1.01.